The first-order chi connectivity index (χ1) is 15.4. The highest BCUT2D eigenvalue weighted by molar-refractivity contribution is 6.45. The summed E-state index contributed by atoms with van der Waals surface area (Å²) in [7, 11) is 1.56. The van der Waals surface area contributed by atoms with E-state index in [1.54, 1.807) is 37.4 Å². The Morgan fingerprint density at radius 3 is 2.25 bits per heavy atom. The average Bonchev–Trinajstić information content (AvgIpc) is 3.04. The number of ether oxygens (including phenoxy) is 3. The molecule has 0 aromatic heterocycles. The summed E-state index contributed by atoms with van der Waals surface area (Å²) in [5.74, 6) is 0.514. The standard InChI is InChI=1S/C25H28N2O5/c1-5-31-19-12-10-18(11-13-19)27-24(28)22(20-8-6-7-9-21(20)30-4)23(25(27)29)26-14-16(2)32-17(3)15-26/h6-13,16-17H,5,14-15H2,1-4H3. The molecule has 168 valence electrons. The van der Waals surface area contributed by atoms with E-state index in [9.17, 15) is 9.59 Å². The number of carbonyl (C=O) groups is 2. The monoisotopic (exact) mass is 436 g/mol. The van der Waals surface area contributed by atoms with Gasteiger partial charge in [0, 0.05) is 18.7 Å². The molecule has 7 heteroatoms. The molecule has 2 aliphatic rings. The van der Waals surface area contributed by atoms with E-state index in [4.69, 9.17) is 14.2 Å². The summed E-state index contributed by atoms with van der Waals surface area (Å²) in [4.78, 5) is 30.6. The average molecular weight is 437 g/mol. The summed E-state index contributed by atoms with van der Waals surface area (Å²) >= 11 is 0. The predicted molar refractivity (Wildman–Crippen MR) is 122 cm³/mol. The Hall–Kier alpha value is -3.32. The molecule has 2 amide bonds. The van der Waals surface area contributed by atoms with Gasteiger partial charge in [0.2, 0.25) is 0 Å². The van der Waals surface area contributed by atoms with Gasteiger partial charge in [-0.25, -0.2) is 4.90 Å². The SMILES string of the molecule is CCOc1ccc(N2C(=O)C(c3ccccc3OC)=C(N3CC(C)OC(C)C3)C2=O)cc1. The first kappa shape index (κ1) is 21.9. The lowest BCUT2D eigenvalue weighted by atomic mass is 10.0. The van der Waals surface area contributed by atoms with E-state index in [1.165, 1.54) is 4.90 Å². The third kappa shape index (κ3) is 3.96. The van der Waals surface area contributed by atoms with Crippen molar-refractivity contribution >= 4 is 23.1 Å². The zero-order valence-corrected chi connectivity index (χ0v) is 18.8. The first-order valence-corrected chi connectivity index (χ1v) is 10.8. The molecule has 2 unspecified atom stereocenters. The van der Waals surface area contributed by atoms with E-state index in [-0.39, 0.29) is 24.0 Å². The maximum absolute atomic E-state index is 13.7. The Bertz CT molecular complexity index is 1040. The largest absolute Gasteiger partial charge is 0.496 e. The van der Waals surface area contributed by atoms with Gasteiger partial charge in [0.25, 0.3) is 11.8 Å². The van der Waals surface area contributed by atoms with Crippen LogP contribution in [-0.2, 0) is 14.3 Å². The van der Waals surface area contributed by atoms with Crippen molar-refractivity contribution < 1.29 is 23.8 Å². The molecule has 0 N–H and O–H groups in total. The number of anilines is 1. The Morgan fingerprint density at radius 2 is 1.62 bits per heavy atom. The number of carbonyl (C=O) groups excluding carboxylic acids is 2. The summed E-state index contributed by atoms with van der Waals surface area (Å²) in [6, 6.07) is 14.3. The van der Waals surface area contributed by atoms with Crippen LogP contribution in [-0.4, -0.2) is 55.7 Å². The molecule has 2 aromatic rings. The quantitative estimate of drug-likeness (QED) is 0.646. The molecule has 0 saturated carbocycles. The minimum absolute atomic E-state index is 0.0624. The highest BCUT2D eigenvalue weighted by atomic mass is 16.5. The summed E-state index contributed by atoms with van der Waals surface area (Å²) in [6.07, 6.45) is -0.125. The second-order valence-electron chi connectivity index (χ2n) is 7.96. The van der Waals surface area contributed by atoms with Crippen LogP contribution in [0.4, 0.5) is 5.69 Å². The molecule has 7 nitrogen and oxygen atoms in total. The van der Waals surface area contributed by atoms with Crippen LogP contribution in [0, 0.1) is 0 Å². The Balaban J connectivity index is 1.81. The number of benzene rings is 2. The minimum atomic E-state index is -0.370. The van der Waals surface area contributed by atoms with E-state index in [0.29, 0.717) is 53.7 Å². The summed E-state index contributed by atoms with van der Waals surface area (Å²) in [5.41, 5.74) is 1.84. The van der Waals surface area contributed by atoms with E-state index < -0.39 is 0 Å². The number of imide groups is 1. The third-order valence-corrected chi connectivity index (χ3v) is 5.58. The lowest BCUT2D eigenvalue weighted by molar-refractivity contribution is -0.121. The third-order valence-electron chi connectivity index (χ3n) is 5.58. The number of methoxy groups -OCH3 is 1. The topological polar surface area (TPSA) is 68.3 Å². The molecule has 2 atom stereocenters. The molecular formula is C25H28N2O5. The van der Waals surface area contributed by atoms with Crippen molar-refractivity contribution in [3.05, 3.63) is 59.8 Å². The van der Waals surface area contributed by atoms with Crippen LogP contribution in [0.5, 0.6) is 11.5 Å². The van der Waals surface area contributed by atoms with Gasteiger partial charge in [0.15, 0.2) is 0 Å². The van der Waals surface area contributed by atoms with Gasteiger partial charge >= 0.3 is 0 Å². The summed E-state index contributed by atoms with van der Waals surface area (Å²) < 4.78 is 16.9. The maximum atomic E-state index is 13.7. The zero-order valence-electron chi connectivity index (χ0n) is 18.8. The van der Waals surface area contributed by atoms with Crippen molar-refractivity contribution in [3.63, 3.8) is 0 Å². The minimum Gasteiger partial charge on any atom is -0.496 e. The number of hydrogen-bond acceptors (Lipinski definition) is 6. The number of rotatable bonds is 6. The van der Waals surface area contributed by atoms with Crippen molar-refractivity contribution in [1.82, 2.24) is 4.90 Å². The Kier molecular flexibility index (Phi) is 6.19. The second-order valence-corrected chi connectivity index (χ2v) is 7.96. The van der Waals surface area contributed by atoms with Crippen molar-refractivity contribution in [2.24, 2.45) is 0 Å². The van der Waals surface area contributed by atoms with Crippen molar-refractivity contribution in [2.75, 3.05) is 31.7 Å². The lowest BCUT2D eigenvalue weighted by Gasteiger charge is -2.37. The zero-order chi connectivity index (χ0) is 22.8. The van der Waals surface area contributed by atoms with Gasteiger partial charge in [-0.05, 0) is 51.1 Å². The van der Waals surface area contributed by atoms with Gasteiger partial charge in [0.05, 0.1) is 37.2 Å². The van der Waals surface area contributed by atoms with Gasteiger partial charge in [-0.1, -0.05) is 18.2 Å². The van der Waals surface area contributed by atoms with Crippen LogP contribution in [0.15, 0.2) is 54.2 Å². The van der Waals surface area contributed by atoms with E-state index in [0.717, 1.165) is 0 Å². The van der Waals surface area contributed by atoms with Gasteiger partial charge < -0.3 is 19.1 Å². The van der Waals surface area contributed by atoms with Gasteiger partial charge in [-0.2, -0.15) is 0 Å². The maximum Gasteiger partial charge on any atom is 0.282 e. The van der Waals surface area contributed by atoms with Crippen LogP contribution < -0.4 is 14.4 Å². The molecule has 0 aliphatic carbocycles. The van der Waals surface area contributed by atoms with Crippen molar-refractivity contribution in [3.8, 4) is 11.5 Å². The number of morpholine rings is 1. The Morgan fingerprint density at radius 1 is 0.969 bits per heavy atom. The molecule has 0 spiro atoms. The highest BCUT2D eigenvalue weighted by Crippen LogP contribution is 2.39. The van der Waals surface area contributed by atoms with Crippen LogP contribution >= 0.6 is 0 Å². The van der Waals surface area contributed by atoms with Crippen molar-refractivity contribution in [2.45, 2.75) is 33.0 Å². The van der Waals surface area contributed by atoms with Crippen molar-refractivity contribution in [1.29, 1.82) is 0 Å². The van der Waals surface area contributed by atoms with Gasteiger partial charge in [0.1, 0.15) is 17.2 Å². The lowest BCUT2D eigenvalue weighted by Crippen LogP contribution is -2.47. The number of para-hydroxylation sites is 1. The molecule has 1 fully saturated rings. The number of nitrogens with zero attached hydrogens (tertiary/aromatic N) is 2. The fourth-order valence-electron chi connectivity index (χ4n) is 4.36. The van der Waals surface area contributed by atoms with Crippen LogP contribution in [0.25, 0.3) is 5.57 Å². The fourth-order valence-corrected chi connectivity index (χ4v) is 4.36. The Labute approximate surface area is 188 Å². The molecule has 0 radical (unpaired) electrons. The molecule has 4 rings (SSSR count). The first-order valence-electron chi connectivity index (χ1n) is 10.8. The van der Waals surface area contributed by atoms with Crippen LogP contribution in [0.1, 0.15) is 26.3 Å². The molecule has 32 heavy (non-hydrogen) atoms. The van der Waals surface area contributed by atoms with Gasteiger partial charge in [-0.15, -0.1) is 0 Å². The highest BCUT2D eigenvalue weighted by Gasteiger charge is 2.44. The number of hydrogen-bond donors (Lipinski definition) is 0. The van der Waals surface area contributed by atoms with E-state index in [2.05, 4.69) is 0 Å². The molecule has 2 aliphatic heterocycles. The predicted octanol–water partition coefficient (Wildman–Crippen LogP) is 3.49. The molecule has 2 aromatic carbocycles. The molecule has 1 saturated heterocycles. The number of amides is 2. The fraction of sp³-hybridized carbons (Fsp3) is 0.360. The van der Waals surface area contributed by atoms with E-state index >= 15 is 0 Å². The summed E-state index contributed by atoms with van der Waals surface area (Å²) in [6.45, 7) is 7.43. The van der Waals surface area contributed by atoms with Crippen LogP contribution in [0.3, 0.4) is 0 Å². The normalized spacial score (nSPS) is 21.4. The smallest absolute Gasteiger partial charge is 0.282 e. The van der Waals surface area contributed by atoms with Gasteiger partial charge in [-0.3, -0.25) is 9.59 Å². The molecule has 0 bridgehead atoms. The van der Waals surface area contributed by atoms with E-state index in [1.807, 2.05) is 43.9 Å². The molecular weight excluding hydrogens is 408 g/mol. The molecule has 2 heterocycles. The van der Waals surface area contributed by atoms with Crippen LogP contribution in [0.2, 0.25) is 0 Å². The summed E-state index contributed by atoms with van der Waals surface area (Å²) in [5, 5.41) is 0. The second kappa shape index (κ2) is 9.04.